The molecule has 4 rings (SSSR count). The minimum Gasteiger partial charge on any atom is -0.508 e. The average molecular weight is 388 g/mol. The van der Waals surface area contributed by atoms with Crippen molar-refractivity contribution in [3.8, 4) is 28.3 Å². The van der Waals surface area contributed by atoms with Crippen LogP contribution in [-0.4, -0.2) is 20.0 Å². The van der Waals surface area contributed by atoms with Gasteiger partial charge in [-0.2, -0.15) is 18.3 Å². The lowest BCUT2D eigenvalue weighted by Crippen LogP contribution is -2.09. The van der Waals surface area contributed by atoms with Gasteiger partial charge in [0.25, 0.3) is 0 Å². The molecule has 2 N–H and O–H groups in total. The maximum atomic E-state index is 13.9. The van der Waals surface area contributed by atoms with Crippen molar-refractivity contribution >= 4 is 10.9 Å². The zero-order valence-electron chi connectivity index (χ0n) is 14.1. The van der Waals surface area contributed by atoms with Crippen molar-refractivity contribution in [1.29, 1.82) is 0 Å². The third-order valence-electron chi connectivity index (χ3n) is 4.37. The molecule has 0 saturated carbocycles. The van der Waals surface area contributed by atoms with E-state index in [1.807, 2.05) is 0 Å². The van der Waals surface area contributed by atoms with Crippen molar-refractivity contribution < 1.29 is 27.8 Å². The molecule has 4 aromatic rings. The lowest BCUT2D eigenvalue weighted by atomic mass is 10.0. The first-order valence-electron chi connectivity index (χ1n) is 8.12. The van der Waals surface area contributed by atoms with Gasteiger partial charge in [-0.05, 0) is 35.4 Å². The van der Waals surface area contributed by atoms with Crippen LogP contribution in [0.2, 0.25) is 0 Å². The van der Waals surface area contributed by atoms with Crippen molar-refractivity contribution in [3.63, 3.8) is 0 Å². The van der Waals surface area contributed by atoms with Gasteiger partial charge in [-0.15, -0.1) is 0 Å². The highest BCUT2D eigenvalue weighted by Gasteiger charge is 2.38. The summed E-state index contributed by atoms with van der Waals surface area (Å²) in [5.74, 6) is -2.71. The number of nitrogens with zero attached hydrogens (tertiary/aromatic N) is 2. The minimum atomic E-state index is -4.98. The van der Waals surface area contributed by atoms with Gasteiger partial charge >= 0.3 is 6.18 Å². The SMILES string of the molecule is Oc1cccc(-c2ccc(-n3ncc4c(C(F)(F)F)c(F)c(O)cc43)cc2)c1. The Kier molecular flexibility index (Phi) is 3.99. The topological polar surface area (TPSA) is 58.3 Å². The lowest BCUT2D eigenvalue weighted by molar-refractivity contribution is -0.138. The average Bonchev–Trinajstić information content (AvgIpc) is 3.04. The Morgan fingerprint density at radius 2 is 1.61 bits per heavy atom. The van der Waals surface area contributed by atoms with Gasteiger partial charge in [-0.3, -0.25) is 0 Å². The van der Waals surface area contributed by atoms with E-state index < -0.39 is 28.7 Å². The first kappa shape index (κ1) is 17.8. The number of alkyl halides is 3. The Bertz CT molecular complexity index is 1180. The molecule has 0 amide bonds. The monoisotopic (exact) mass is 388 g/mol. The van der Waals surface area contributed by atoms with E-state index >= 15 is 0 Å². The molecule has 0 saturated heterocycles. The first-order valence-corrected chi connectivity index (χ1v) is 8.12. The fourth-order valence-electron chi connectivity index (χ4n) is 3.09. The number of hydrogen-bond acceptors (Lipinski definition) is 3. The number of phenolic OH excluding ortho intramolecular Hbond substituents is 2. The number of aromatic hydroxyl groups is 2. The van der Waals surface area contributed by atoms with Crippen molar-refractivity contribution in [2.45, 2.75) is 6.18 Å². The highest BCUT2D eigenvalue weighted by atomic mass is 19.4. The molecule has 0 aliphatic carbocycles. The maximum Gasteiger partial charge on any atom is 0.420 e. The van der Waals surface area contributed by atoms with Crippen LogP contribution in [0, 0.1) is 5.82 Å². The second kappa shape index (κ2) is 6.26. The van der Waals surface area contributed by atoms with E-state index in [4.69, 9.17) is 0 Å². The van der Waals surface area contributed by atoms with Crippen molar-refractivity contribution in [2.75, 3.05) is 0 Å². The quantitative estimate of drug-likeness (QED) is 0.461. The second-order valence-electron chi connectivity index (χ2n) is 6.17. The summed E-state index contributed by atoms with van der Waals surface area (Å²) in [6, 6.07) is 14.2. The molecule has 0 atom stereocenters. The molecular weight excluding hydrogens is 376 g/mol. The van der Waals surface area contributed by atoms with Crippen LogP contribution in [0.3, 0.4) is 0 Å². The van der Waals surface area contributed by atoms with Crippen LogP contribution in [-0.2, 0) is 6.18 Å². The summed E-state index contributed by atoms with van der Waals surface area (Å²) >= 11 is 0. The molecule has 0 unspecified atom stereocenters. The maximum absolute atomic E-state index is 13.9. The van der Waals surface area contributed by atoms with Crippen molar-refractivity contribution in [1.82, 2.24) is 9.78 Å². The fourth-order valence-corrected chi connectivity index (χ4v) is 3.09. The standard InChI is InChI=1S/C20H12F4N2O2/c21-19-17(28)9-16-15(18(19)20(22,23)24)10-25-26(16)13-6-4-11(5-7-13)12-2-1-3-14(27)8-12/h1-10,27-28H. The molecule has 1 aromatic heterocycles. The normalized spacial score (nSPS) is 11.9. The highest BCUT2D eigenvalue weighted by molar-refractivity contribution is 5.86. The number of halogens is 4. The Morgan fingerprint density at radius 3 is 2.25 bits per heavy atom. The zero-order valence-corrected chi connectivity index (χ0v) is 14.1. The molecule has 3 aromatic carbocycles. The zero-order chi connectivity index (χ0) is 20.1. The first-order chi connectivity index (χ1) is 13.3. The summed E-state index contributed by atoms with van der Waals surface area (Å²) in [6.07, 6.45) is -4.06. The second-order valence-corrected chi connectivity index (χ2v) is 6.17. The van der Waals surface area contributed by atoms with Gasteiger partial charge in [-0.1, -0.05) is 24.3 Å². The van der Waals surface area contributed by atoms with Crippen LogP contribution in [0.5, 0.6) is 11.5 Å². The number of phenols is 2. The van der Waals surface area contributed by atoms with Crippen LogP contribution >= 0.6 is 0 Å². The van der Waals surface area contributed by atoms with E-state index in [1.54, 1.807) is 42.5 Å². The van der Waals surface area contributed by atoms with Crippen LogP contribution in [0.25, 0.3) is 27.7 Å². The Hall–Kier alpha value is -3.55. The third-order valence-corrected chi connectivity index (χ3v) is 4.37. The summed E-state index contributed by atoms with van der Waals surface area (Å²) in [4.78, 5) is 0. The van der Waals surface area contributed by atoms with Gasteiger partial charge in [0.05, 0.1) is 17.4 Å². The van der Waals surface area contributed by atoms with E-state index in [0.29, 0.717) is 5.69 Å². The largest absolute Gasteiger partial charge is 0.508 e. The Morgan fingerprint density at radius 1 is 0.893 bits per heavy atom. The highest BCUT2D eigenvalue weighted by Crippen LogP contribution is 2.40. The van der Waals surface area contributed by atoms with E-state index in [-0.39, 0.29) is 11.3 Å². The Labute approximate surface area is 155 Å². The molecule has 0 fully saturated rings. The predicted molar refractivity (Wildman–Crippen MR) is 94.8 cm³/mol. The fraction of sp³-hybridized carbons (Fsp3) is 0.0500. The molecule has 0 bridgehead atoms. The minimum absolute atomic E-state index is 0.0728. The van der Waals surface area contributed by atoms with Crippen molar-refractivity contribution in [2.24, 2.45) is 0 Å². The molecule has 0 spiro atoms. The predicted octanol–water partition coefficient (Wildman–Crippen LogP) is 5.26. The molecule has 4 nitrogen and oxygen atoms in total. The smallest absolute Gasteiger partial charge is 0.420 e. The third kappa shape index (κ3) is 2.92. The number of benzene rings is 3. The molecular formula is C20H12F4N2O2. The summed E-state index contributed by atoms with van der Waals surface area (Å²) in [5.41, 5.74) is 0.344. The van der Waals surface area contributed by atoms with E-state index in [0.717, 1.165) is 23.4 Å². The molecule has 0 aliphatic heterocycles. The number of fused-ring (bicyclic) bond motifs is 1. The van der Waals surface area contributed by atoms with Gasteiger partial charge in [0, 0.05) is 11.5 Å². The van der Waals surface area contributed by atoms with Crippen molar-refractivity contribution in [3.05, 3.63) is 72.2 Å². The van der Waals surface area contributed by atoms with Gasteiger partial charge in [-0.25, -0.2) is 9.07 Å². The number of hydrogen-bond donors (Lipinski definition) is 2. The molecule has 142 valence electrons. The van der Waals surface area contributed by atoms with E-state index in [1.165, 1.54) is 10.7 Å². The summed E-state index contributed by atoms with van der Waals surface area (Å²) in [5, 5.41) is 22.7. The van der Waals surface area contributed by atoms with Gasteiger partial charge < -0.3 is 10.2 Å². The number of rotatable bonds is 2. The summed E-state index contributed by atoms with van der Waals surface area (Å²) < 4.78 is 54.8. The lowest BCUT2D eigenvalue weighted by Gasteiger charge is -2.11. The van der Waals surface area contributed by atoms with Crippen LogP contribution < -0.4 is 0 Å². The van der Waals surface area contributed by atoms with Gasteiger partial charge in [0.1, 0.15) is 11.3 Å². The summed E-state index contributed by atoms with van der Waals surface area (Å²) in [6.45, 7) is 0. The molecule has 8 heteroatoms. The molecule has 0 radical (unpaired) electrons. The van der Waals surface area contributed by atoms with Crippen LogP contribution in [0.4, 0.5) is 17.6 Å². The van der Waals surface area contributed by atoms with Crippen LogP contribution in [0.1, 0.15) is 5.56 Å². The summed E-state index contributed by atoms with van der Waals surface area (Å²) in [7, 11) is 0. The van der Waals surface area contributed by atoms with Gasteiger partial charge in [0.15, 0.2) is 11.6 Å². The van der Waals surface area contributed by atoms with E-state index in [9.17, 15) is 27.8 Å². The molecule has 28 heavy (non-hydrogen) atoms. The van der Waals surface area contributed by atoms with E-state index in [2.05, 4.69) is 5.10 Å². The Balaban J connectivity index is 1.83. The van der Waals surface area contributed by atoms with Gasteiger partial charge in [0.2, 0.25) is 0 Å². The van der Waals surface area contributed by atoms with Crippen LogP contribution in [0.15, 0.2) is 60.8 Å². The molecule has 1 heterocycles. The number of aromatic nitrogens is 2. The molecule has 0 aliphatic rings.